The summed E-state index contributed by atoms with van der Waals surface area (Å²) in [4.78, 5) is 17.8. The normalized spacial score (nSPS) is 10.9. The molecule has 3 aromatic carbocycles. The molecule has 0 atom stereocenters. The van der Waals surface area contributed by atoms with Crippen LogP contribution in [0.2, 0.25) is 0 Å². The molecule has 4 heteroatoms. The Balaban J connectivity index is 1.56. The average molecular weight is 539 g/mol. The van der Waals surface area contributed by atoms with E-state index in [2.05, 4.69) is 105 Å². The van der Waals surface area contributed by atoms with Crippen LogP contribution in [0, 0.1) is 0 Å². The lowest BCUT2D eigenvalue weighted by molar-refractivity contribution is 1.32. The SMILES string of the molecule is c1cncc(-c2ccccc2-c2cccc(-c3cccc(-c4cccnc4)c3-c3cccnc3)c2-c2cccnc2)c1. The van der Waals surface area contributed by atoms with Gasteiger partial charge in [0.25, 0.3) is 0 Å². The lowest BCUT2D eigenvalue weighted by Gasteiger charge is -2.21. The molecule has 0 amide bonds. The van der Waals surface area contributed by atoms with Crippen LogP contribution in [0.25, 0.3) is 66.8 Å². The molecule has 7 aromatic rings. The van der Waals surface area contributed by atoms with Crippen molar-refractivity contribution in [3.63, 3.8) is 0 Å². The zero-order valence-corrected chi connectivity index (χ0v) is 22.8. The number of hydrogen-bond donors (Lipinski definition) is 0. The maximum atomic E-state index is 4.53. The predicted molar refractivity (Wildman–Crippen MR) is 170 cm³/mol. The fraction of sp³-hybridized carbons (Fsp3) is 0. The number of benzene rings is 3. The summed E-state index contributed by atoms with van der Waals surface area (Å²) in [5, 5.41) is 0. The quantitative estimate of drug-likeness (QED) is 0.212. The summed E-state index contributed by atoms with van der Waals surface area (Å²) in [5.74, 6) is 0. The van der Waals surface area contributed by atoms with Gasteiger partial charge >= 0.3 is 0 Å². The van der Waals surface area contributed by atoms with E-state index in [4.69, 9.17) is 0 Å². The molecule has 0 saturated heterocycles. The fourth-order valence-corrected chi connectivity index (χ4v) is 5.68. The van der Waals surface area contributed by atoms with Gasteiger partial charge in [-0.15, -0.1) is 0 Å². The molecule has 0 bridgehead atoms. The van der Waals surface area contributed by atoms with Crippen molar-refractivity contribution >= 4 is 0 Å². The molecule has 42 heavy (non-hydrogen) atoms. The van der Waals surface area contributed by atoms with Crippen molar-refractivity contribution < 1.29 is 0 Å². The van der Waals surface area contributed by atoms with Gasteiger partial charge in [-0.1, -0.05) is 84.9 Å². The minimum atomic E-state index is 1.05. The number of nitrogens with zero attached hydrogens (tertiary/aromatic N) is 4. The Labute approximate surface area is 245 Å². The Kier molecular flexibility index (Phi) is 6.85. The minimum Gasteiger partial charge on any atom is -0.264 e. The van der Waals surface area contributed by atoms with E-state index in [1.165, 1.54) is 0 Å². The Hall–Kier alpha value is -5.74. The van der Waals surface area contributed by atoms with Crippen molar-refractivity contribution in [1.29, 1.82) is 0 Å². The molecule has 0 unspecified atom stereocenters. The van der Waals surface area contributed by atoms with Gasteiger partial charge in [-0.25, -0.2) is 0 Å². The first kappa shape index (κ1) is 25.2. The highest BCUT2D eigenvalue weighted by molar-refractivity contribution is 6.03. The van der Waals surface area contributed by atoms with Gasteiger partial charge in [0.2, 0.25) is 0 Å². The lowest BCUT2D eigenvalue weighted by Crippen LogP contribution is -1.96. The van der Waals surface area contributed by atoms with Crippen molar-refractivity contribution in [2.24, 2.45) is 0 Å². The van der Waals surface area contributed by atoms with Crippen molar-refractivity contribution in [1.82, 2.24) is 19.9 Å². The van der Waals surface area contributed by atoms with Crippen LogP contribution in [0.1, 0.15) is 0 Å². The summed E-state index contributed by atoms with van der Waals surface area (Å²) in [6, 6.07) is 38.0. The molecule has 0 aliphatic carbocycles. The smallest absolute Gasteiger partial charge is 0.0346 e. The Morgan fingerprint density at radius 2 is 0.619 bits per heavy atom. The van der Waals surface area contributed by atoms with Gasteiger partial charge in [0.1, 0.15) is 0 Å². The zero-order chi connectivity index (χ0) is 28.1. The van der Waals surface area contributed by atoms with Gasteiger partial charge < -0.3 is 0 Å². The van der Waals surface area contributed by atoms with Gasteiger partial charge in [-0.3, -0.25) is 19.9 Å². The van der Waals surface area contributed by atoms with Gasteiger partial charge in [0.05, 0.1) is 0 Å². The highest BCUT2D eigenvalue weighted by Gasteiger charge is 2.21. The molecule has 4 aromatic heterocycles. The van der Waals surface area contributed by atoms with Gasteiger partial charge in [-0.05, 0) is 68.8 Å². The first-order valence-corrected chi connectivity index (χ1v) is 13.9. The number of rotatable bonds is 6. The van der Waals surface area contributed by atoms with Crippen LogP contribution in [0.15, 0.2) is 159 Å². The second-order valence-corrected chi connectivity index (χ2v) is 9.97. The molecule has 0 saturated carbocycles. The first-order chi connectivity index (χ1) is 20.9. The maximum Gasteiger partial charge on any atom is 0.0346 e. The summed E-state index contributed by atoms with van der Waals surface area (Å²) in [7, 11) is 0. The van der Waals surface area contributed by atoms with Gasteiger partial charge in [-0.2, -0.15) is 0 Å². The summed E-state index contributed by atoms with van der Waals surface area (Å²) in [6.07, 6.45) is 15.0. The third-order valence-electron chi connectivity index (χ3n) is 7.48. The summed E-state index contributed by atoms with van der Waals surface area (Å²) < 4.78 is 0. The maximum absolute atomic E-state index is 4.53. The van der Waals surface area contributed by atoms with E-state index < -0.39 is 0 Å². The minimum absolute atomic E-state index is 1.05. The van der Waals surface area contributed by atoms with Crippen molar-refractivity contribution in [2.45, 2.75) is 0 Å². The average Bonchev–Trinajstić information content (AvgIpc) is 3.09. The monoisotopic (exact) mass is 538 g/mol. The van der Waals surface area contributed by atoms with E-state index in [1.54, 1.807) is 6.20 Å². The molecule has 0 radical (unpaired) electrons. The van der Waals surface area contributed by atoms with E-state index in [-0.39, 0.29) is 0 Å². The Morgan fingerprint density at radius 1 is 0.262 bits per heavy atom. The van der Waals surface area contributed by atoms with E-state index in [9.17, 15) is 0 Å². The third kappa shape index (κ3) is 4.76. The van der Waals surface area contributed by atoms with Crippen LogP contribution in [0.3, 0.4) is 0 Å². The van der Waals surface area contributed by atoms with Crippen LogP contribution >= 0.6 is 0 Å². The van der Waals surface area contributed by atoms with Crippen LogP contribution in [0.4, 0.5) is 0 Å². The molecule has 4 nitrogen and oxygen atoms in total. The van der Waals surface area contributed by atoms with Crippen molar-refractivity contribution in [3.8, 4) is 66.8 Å². The molecule has 0 aliphatic rings. The summed E-state index contributed by atoms with van der Waals surface area (Å²) in [6.45, 7) is 0. The molecule has 4 heterocycles. The summed E-state index contributed by atoms with van der Waals surface area (Å²) >= 11 is 0. The van der Waals surface area contributed by atoms with Crippen LogP contribution in [-0.4, -0.2) is 19.9 Å². The summed E-state index contributed by atoms with van der Waals surface area (Å²) in [5.41, 5.74) is 13.2. The van der Waals surface area contributed by atoms with E-state index >= 15 is 0 Å². The molecule has 0 aliphatic heterocycles. The third-order valence-corrected chi connectivity index (χ3v) is 7.48. The van der Waals surface area contributed by atoms with Crippen LogP contribution in [-0.2, 0) is 0 Å². The predicted octanol–water partition coefficient (Wildman–Crippen LogP) is 9.27. The molecular formula is C38H26N4. The number of hydrogen-bond acceptors (Lipinski definition) is 4. The van der Waals surface area contributed by atoms with Crippen molar-refractivity contribution in [2.75, 3.05) is 0 Å². The zero-order valence-electron chi connectivity index (χ0n) is 22.8. The van der Waals surface area contributed by atoms with Crippen molar-refractivity contribution in [3.05, 3.63) is 159 Å². The van der Waals surface area contributed by atoms with Crippen LogP contribution in [0.5, 0.6) is 0 Å². The topological polar surface area (TPSA) is 51.6 Å². The molecule has 0 fully saturated rings. The lowest BCUT2D eigenvalue weighted by atomic mass is 9.82. The molecule has 0 spiro atoms. The standard InChI is InChI=1S/C38H26N4/c1-2-14-33(31(13-1)27-9-5-19-39-23-27)34-16-4-18-36(38(34)30-12-8-22-42-26-30)35-17-3-15-32(28-10-6-20-40-24-28)37(35)29-11-7-21-41-25-29/h1-26H. The highest BCUT2D eigenvalue weighted by Crippen LogP contribution is 2.47. The molecular weight excluding hydrogens is 512 g/mol. The van der Waals surface area contributed by atoms with Crippen LogP contribution < -0.4 is 0 Å². The van der Waals surface area contributed by atoms with Gasteiger partial charge in [0, 0.05) is 71.8 Å². The van der Waals surface area contributed by atoms with E-state index in [0.29, 0.717) is 0 Å². The first-order valence-electron chi connectivity index (χ1n) is 13.9. The fourth-order valence-electron chi connectivity index (χ4n) is 5.68. The number of pyridine rings is 4. The number of aromatic nitrogens is 4. The largest absolute Gasteiger partial charge is 0.264 e. The van der Waals surface area contributed by atoms with E-state index in [0.717, 1.165) is 66.8 Å². The second-order valence-electron chi connectivity index (χ2n) is 9.97. The molecule has 7 rings (SSSR count). The molecule has 198 valence electrons. The highest BCUT2D eigenvalue weighted by atomic mass is 14.6. The van der Waals surface area contributed by atoms with E-state index in [1.807, 2.05) is 67.6 Å². The Bertz CT molecular complexity index is 1960. The Morgan fingerprint density at radius 3 is 1.10 bits per heavy atom. The molecule has 0 N–H and O–H groups in total. The second kappa shape index (κ2) is 11.4. The van der Waals surface area contributed by atoms with Gasteiger partial charge in [0.15, 0.2) is 0 Å².